The van der Waals surface area contributed by atoms with Crippen LogP contribution in [-0.4, -0.2) is 11.7 Å². The summed E-state index contributed by atoms with van der Waals surface area (Å²) >= 11 is 0. The maximum atomic E-state index is 7.57. The molecule has 0 aromatic rings. The average Bonchev–Trinajstić information content (AvgIpc) is 0.918. The molecule has 0 aromatic heterocycles. The Labute approximate surface area is 36.5 Å². The zero-order valence-corrected chi connectivity index (χ0v) is 3.61. The maximum Gasteiger partial charge on any atom is 0.0402 e. The Morgan fingerprint density at radius 2 is 1.75 bits per heavy atom. The zero-order chi connectivity index (χ0) is 2.71. The summed E-state index contributed by atoms with van der Waals surface area (Å²) < 4.78 is 0. The molecule has 0 aliphatic heterocycles. The van der Waals surface area contributed by atoms with E-state index in [1.54, 1.807) is 6.92 Å². The Morgan fingerprint density at radius 1 is 1.75 bits per heavy atom. The molecular formula is C2H6FeO. The van der Waals surface area contributed by atoms with Crippen LogP contribution in [0.3, 0.4) is 0 Å². The predicted molar refractivity (Wildman–Crippen MR) is 12.8 cm³/mol. The van der Waals surface area contributed by atoms with Crippen LogP contribution in [0.5, 0.6) is 0 Å². The quantitative estimate of drug-likeness (QED) is 0.426. The van der Waals surface area contributed by atoms with Crippen LogP contribution in [0, 0.1) is 0 Å². The molecule has 0 aromatic carbocycles. The molecule has 2 heteroatoms. The number of hydrogen-bond donors (Lipinski definition) is 1. The van der Waals surface area contributed by atoms with Crippen LogP contribution in [0.15, 0.2) is 0 Å². The average molecular weight is 102 g/mol. The molecule has 1 N–H and O–H groups in total. The van der Waals surface area contributed by atoms with Gasteiger partial charge in [-0.15, -0.1) is 0 Å². The summed E-state index contributed by atoms with van der Waals surface area (Å²) in [5, 5.41) is 7.57. The molecule has 4 heavy (non-hydrogen) atoms. The standard InChI is InChI=1S/C2H6O.Fe/c1-2-3;/h3H,2H2,1H3;. The van der Waals surface area contributed by atoms with Gasteiger partial charge < -0.3 is 5.11 Å². The SMILES string of the molecule is CCO.[Fe]. The molecule has 0 heterocycles. The van der Waals surface area contributed by atoms with Gasteiger partial charge in [-0.05, 0) is 6.92 Å². The summed E-state index contributed by atoms with van der Waals surface area (Å²) in [5.41, 5.74) is 0. The Morgan fingerprint density at radius 3 is 1.75 bits per heavy atom. The predicted octanol–water partition coefficient (Wildman–Crippen LogP) is -0.00390. The van der Waals surface area contributed by atoms with Gasteiger partial charge in [0.05, 0.1) is 0 Å². The van der Waals surface area contributed by atoms with Gasteiger partial charge in [-0.3, -0.25) is 0 Å². The Hall–Kier alpha value is 0.479. The van der Waals surface area contributed by atoms with Crippen LogP contribution in [-0.2, 0) is 17.1 Å². The molecule has 0 amide bonds. The summed E-state index contributed by atoms with van der Waals surface area (Å²) in [4.78, 5) is 0. The number of aliphatic hydroxyl groups excluding tert-OH is 1. The molecule has 0 aliphatic rings. The first-order valence-electron chi connectivity index (χ1n) is 1.02. The van der Waals surface area contributed by atoms with Crippen molar-refractivity contribution in [2.45, 2.75) is 6.92 Å². The van der Waals surface area contributed by atoms with Gasteiger partial charge in [0, 0.05) is 23.7 Å². The van der Waals surface area contributed by atoms with Crippen LogP contribution in [0.25, 0.3) is 0 Å². The van der Waals surface area contributed by atoms with E-state index in [-0.39, 0.29) is 23.7 Å². The van der Waals surface area contributed by atoms with Gasteiger partial charge in [0.1, 0.15) is 0 Å². The fraction of sp³-hybridized carbons (Fsp3) is 1.00. The van der Waals surface area contributed by atoms with Crippen molar-refractivity contribution in [2.24, 2.45) is 0 Å². The molecule has 0 atom stereocenters. The van der Waals surface area contributed by atoms with Crippen molar-refractivity contribution in [1.29, 1.82) is 0 Å². The molecule has 0 aliphatic carbocycles. The van der Waals surface area contributed by atoms with Crippen molar-refractivity contribution >= 4 is 0 Å². The van der Waals surface area contributed by atoms with Gasteiger partial charge in [-0.1, -0.05) is 0 Å². The maximum absolute atomic E-state index is 7.57. The number of hydrogen-bond acceptors (Lipinski definition) is 1. The summed E-state index contributed by atoms with van der Waals surface area (Å²) in [7, 11) is 0. The first-order valence-corrected chi connectivity index (χ1v) is 1.02. The molecular weight excluding hydrogens is 95.9 g/mol. The first-order chi connectivity index (χ1) is 1.41. The van der Waals surface area contributed by atoms with Crippen LogP contribution >= 0.6 is 0 Å². The van der Waals surface area contributed by atoms with Crippen LogP contribution in [0.4, 0.5) is 0 Å². The van der Waals surface area contributed by atoms with Gasteiger partial charge in [0.15, 0.2) is 0 Å². The van der Waals surface area contributed by atoms with E-state index >= 15 is 0 Å². The van der Waals surface area contributed by atoms with Crippen molar-refractivity contribution in [3.05, 3.63) is 0 Å². The second-order valence-electron chi connectivity index (χ2n) is 0.316. The van der Waals surface area contributed by atoms with E-state index in [0.29, 0.717) is 0 Å². The van der Waals surface area contributed by atoms with Crippen LogP contribution < -0.4 is 0 Å². The summed E-state index contributed by atoms with van der Waals surface area (Å²) in [6, 6.07) is 0. The molecule has 0 saturated heterocycles. The third kappa shape index (κ3) is 23.6. The number of rotatable bonds is 0. The summed E-state index contributed by atoms with van der Waals surface area (Å²) in [6.07, 6.45) is 0. The van der Waals surface area contributed by atoms with Gasteiger partial charge >= 0.3 is 0 Å². The van der Waals surface area contributed by atoms with Crippen LogP contribution in [0.1, 0.15) is 6.92 Å². The van der Waals surface area contributed by atoms with Crippen molar-refractivity contribution in [2.75, 3.05) is 6.61 Å². The minimum absolute atomic E-state index is 0. The minimum Gasteiger partial charge on any atom is -0.397 e. The molecule has 0 spiro atoms. The van der Waals surface area contributed by atoms with E-state index in [2.05, 4.69) is 0 Å². The molecule has 0 radical (unpaired) electrons. The Balaban J connectivity index is 0. The van der Waals surface area contributed by atoms with E-state index in [1.165, 1.54) is 0 Å². The molecule has 0 rings (SSSR count). The molecule has 0 fully saturated rings. The van der Waals surface area contributed by atoms with Crippen molar-refractivity contribution < 1.29 is 22.2 Å². The monoisotopic (exact) mass is 102 g/mol. The molecule has 0 unspecified atom stereocenters. The minimum atomic E-state index is 0. The van der Waals surface area contributed by atoms with Gasteiger partial charge in [0.2, 0.25) is 0 Å². The molecule has 0 saturated carbocycles. The zero-order valence-electron chi connectivity index (χ0n) is 2.51. The van der Waals surface area contributed by atoms with Crippen molar-refractivity contribution in [3.8, 4) is 0 Å². The third-order valence-electron chi connectivity index (χ3n) is 0. The van der Waals surface area contributed by atoms with Gasteiger partial charge in [0.25, 0.3) is 0 Å². The van der Waals surface area contributed by atoms with E-state index in [1.807, 2.05) is 0 Å². The first kappa shape index (κ1) is 8.82. The number of aliphatic hydroxyl groups is 1. The second-order valence-corrected chi connectivity index (χ2v) is 0.316. The van der Waals surface area contributed by atoms with E-state index in [9.17, 15) is 0 Å². The van der Waals surface area contributed by atoms with E-state index < -0.39 is 0 Å². The fourth-order valence-corrected chi connectivity index (χ4v) is 0. The molecule has 28 valence electrons. The van der Waals surface area contributed by atoms with Gasteiger partial charge in [-0.2, -0.15) is 0 Å². The second kappa shape index (κ2) is 9.77. The third-order valence-corrected chi connectivity index (χ3v) is 0. The summed E-state index contributed by atoms with van der Waals surface area (Å²) in [5.74, 6) is 0. The normalized spacial score (nSPS) is 4.50. The largest absolute Gasteiger partial charge is 0.397 e. The Kier molecular flexibility index (Phi) is 21.6. The van der Waals surface area contributed by atoms with Crippen molar-refractivity contribution in [1.82, 2.24) is 0 Å². The smallest absolute Gasteiger partial charge is 0.0402 e. The van der Waals surface area contributed by atoms with E-state index in [4.69, 9.17) is 5.11 Å². The summed E-state index contributed by atoms with van der Waals surface area (Å²) in [6.45, 7) is 1.93. The van der Waals surface area contributed by atoms with Gasteiger partial charge in [-0.25, -0.2) is 0 Å². The van der Waals surface area contributed by atoms with Crippen molar-refractivity contribution in [3.63, 3.8) is 0 Å². The van der Waals surface area contributed by atoms with E-state index in [0.717, 1.165) is 0 Å². The topological polar surface area (TPSA) is 20.2 Å². The van der Waals surface area contributed by atoms with Crippen LogP contribution in [0.2, 0.25) is 0 Å². The molecule has 1 nitrogen and oxygen atoms in total. The Bertz CT molecular complexity index is 6.00. The fourth-order valence-electron chi connectivity index (χ4n) is 0. The molecule has 0 bridgehead atoms.